The first kappa shape index (κ1) is 38.5. The molecule has 0 radical (unpaired) electrons. The molecule has 274 valence electrons. The molecule has 11 heteroatoms. The normalized spacial score (nSPS) is 15.7. The van der Waals surface area contributed by atoms with Crippen LogP contribution in [-0.4, -0.2) is 72.5 Å². The minimum Gasteiger partial charge on any atom is -0.464 e. The van der Waals surface area contributed by atoms with Crippen molar-refractivity contribution in [3.63, 3.8) is 0 Å². The number of carbonyl (C=O) groups is 2. The molecule has 0 N–H and O–H groups in total. The number of esters is 2. The fourth-order valence-electron chi connectivity index (χ4n) is 6.26. The molecule has 3 aromatic carbocycles. The van der Waals surface area contributed by atoms with E-state index in [1.54, 1.807) is 26.1 Å². The van der Waals surface area contributed by atoms with Crippen LogP contribution < -0.4 is 0 Å². The fourth-order valence-corrected chi connectivity index (χ4v) is 6.26. The lowest BCUT2D eigenvalue weighted by atomic mass is 9.75. The van der Waals surface area contributed by atoms with E-state index in [2.05, 4.69) is 28.2 Å². The summed E-state index contributed by atoms with van der Waals surface area (Å²) in [5.74, 6) is -3.16. The number of benzene rings is 3. The van der Waals surface area contributed by atoms with Crippen molar-refractivity contribution in [3.8, 4) is 0 Å². The van der Waals surface area contributed by atoms with E-state index in [9.17, 15) is 19.7 Å². The Balaban J connectivity index is 1.18. The molecule has 0 bridgehead atoms. The number of pyridine rings is 1. The molecule has 0 spiro atoms. The summed E-state index contributed by atoms with van der Waals surface area (Å²) in [6.45, 7) is 5.03. The van der Waals surface area contributed by atoms with Gasteiger partial charge >= 0.3 is 11.9 Å². The largest absolute Gasteiger partial charge is 0.464 e. The highest BCUT2D eigenvalue weighted by molar-refractivity contribution is 6.07. The molecular formula is C42H44N4O7. The van der Waals surface area contributed by atoms with Gasteiger partial charge < -0.3 is 14.2 Å². The number of hydrogen-bond acceptors (Lipinski definition) is 10. The second-order valence-corrected chi connectivity index (χ2v) is 12.8. The van der Waals surface area contributed by atoms with Crippen LogP contribution in [0.1, 0.15) is 47.6 Å². The number of allylic oxidation sites excluding steroid dienone is 1. The van der Waals surface area contributed by atoms with Gasteiger partial charge in [-0.3, -0.25) is 29.8 Å². The first-order valence-electron chi connectivity index (χ1n) is 17.5. The summed E-state index contributed by atoms with van der Waals surface area (Å²) in [4.78, 5) is 49.3. The van der Waals surface area contributed by atoms with Gasteiger partial charge in [-0.05, 0) is 61.2 Å². The number of aromatic nitrogens is 1. The van der Waals surface area contributed by atoms with E-state index >= 15 is 0 Å². The molecule has 0 aliphatic carbocycles. The minimum atomic E-state index is -0.992. The Hall–Kier alpha value is -5.78. The maximum atomic E-state index is 13.7. The lowest BCUT2D eigenvalue weighted by Crippen LogP contribution is -2.37. The standard InChI is InChI=1S/C42H44N4O7/c1-30-38(41(47)52-23-21-45(3)29-34-10-5-4-6-11-34)40(36-14-7-15-37(27-36)46(49)50)39(31(2)44-30)42(48)53-25-24-51-22-9-13-32-16-18-33(19-17-32)26-35-12-8-20-43-28-35/h4-20,27-28,38,40H,21-26,29H2,1-3H3. The molecule has 11 nitrogen and oxygen atoms in total. The molecule has 0 amide bonds. The van der Waals surface area contributed by atoms with Crippen LogP contribution in [0.5, 0.6) is 0 Å². The summed E-state index contributed by atoms with van der Waals surface area (Å²) < 4.78 is 17.1. The number of nitrogens with zero attached hydrogens (tertiary/aromatic N) is 4. The molecule has 0 saturated carbocycles. The number of hydrogen-bond donors (Lipinski definition) is 0. The highest BCUT2D eigenvalue weighted by Crippen LogP contribution is 2.41. The zero-order valence-electron chi connectivity index (χ0n) is 30.2. The SMILES string of the molecule is CC1=NC(C)=C(C(=O)OCCOCC=Cc2ccc(Cc3cccnc3)cc2)C(c2cccc([N+](=O)[O-])c2)C1C(=O)OCCN(C)Cc1ccccc1. The van der Waals surface area contributed by atoms with E-state index in [1.807, 2.05) is 78.8 Å². The highest BCUT2D eigenvalue weighted by Gasteiger charge is 2.43. The van der Waals surface area contributed by atoms with Crippen molar-refractivity contribution in [2.24, 2.45) is 10.9 Å². The molecule has 53 heavy (non-hydrogen) atoms. The number of non-ortho nitro benzene ring substituents is 1. The van der Waals surface area contributed by atoms with Crippen molar-refractivity contribution in [3.05, 3.63) is 159 Å². The Morgan fingerprint density at radius 3 is 2.40 bits per heavy atom. The van der Waals surface area contributed by atoms with Gasteiger partial charge in [-0.25, -0.2) is 4.79 Å². The molecule has 0 fully saturated rings. The average Bonchev–Trinajstić information content (AvgIpc) is 3.15. The van der Waals surface area contributed by atoms with Crippen molar-refractivity contribution < 1.29 is 28.7 Å². The third-order valence-corrected chi connectivity index (χ3v) is 8.85. The zero-order chi connectivity index (χ0) is 37.6. The van der Waals surface area contributed by atoms with Crippen molar-refractivity contribution >= 4 is 29.4 Å². The van der Waals surface area contributed by atoms with Crippen LogP contribution in [-0.2, 0) is 36.8 Å². The molecule has 5 rings (SSSR count). The van der Waals surface area contributed by atoms with Crippen molar-refractivity contribution in [1.82, 2.24) is 9.88 Å². The smallest absolute Gasteiger partial charge is 0.336 e. The Kier molecular flexibility index (Phi) is 13.9. The van der Waals surface area contributed by atoms with Crippen LogP contribution in [0.15, 0.2) is 126 Å². The number of carbonyl (C=O) groups excluding carboxylic acids is 2. The summed E-state index contributed by atoms with van der Waals surface area (Å²) in [5, 5.41) is 11.7. The molecule has 2 unspecified atom stereocenters. The van der Waals surface area contributed by atoms with Gasteiger partial charge in [-0.1, -0.05) is 84.9 Å². The number of ether oxygens (including phenoxy) is 3. The van der Waals surface area contributed by atoms with E-state index in [0.717, 1.165) is 23.1 Å². The van der Waals surface area contributed by atoms with Crippen molar-refractivity contribution in [2.75, 3.05) is 40.0 Å². The Morgan fingerprint density at radius 1 is 0.887 bits per heavy atom. The van der Waals surface area contributed by atoms with Crippen molar-refractivity contribution in [1.29, 1.82) is 0 Å². The first-order valence-corrected chi connectivity index (χ1v) is 17.5. The molecular weight excluding hydrogens is 672 g/mol. The number of likely N-dealkylation sites (N-methyl/N-ethyl adjacent to an activating group) is 1. The topological polar surface area (TPSA) is 133 Å². The first-order chi connectivity index (χ1) is 25.7. The van der Waals surface area contributed by atoms with Gasteiger partial charge in [0.25, 0.3) is 5.69 Å². The third-order valence-electron chi connectivity index (χ3n) is 8.85. The Morgan fingerprint density at radius 2 is 1.66 bits per heavy atom. The van der Waals surface area contributed by atoms with Crippen LogP contribution in [0.25, 0.3) is 6.08 Å². The van der Waals surface area contributed by atoms with Crippen molar-refractivity contribution in [2.45, 2.75) is 32.7 Å². The molecule has 2 heterocycles. The van der Waals surface area contributed by atoms with Crippen LogP contribution in [0.4, 0.5) is 5.69 Å². The quantitative estimate of drug-likeness (QED) is 0.0491. The molecule has 4 aromatic rings. The number of nitro groups is 1. The lowest BCUT2D eigenvalue weighted by Gasteiger charge is -2.31. The number of nitro benzene ring substituents is 1. The van der Waals surface area contributed by atoms with Gasteiger partial charge in [-0.15, -0.1) is 0 Å². The maximum Gasteiger partial charge on any atom is 0.336 e. The number of aliphatic imine (C=N–C) groups is 1. The lowest BCUT2D eigenvalue weighted by molar-refractivity contribution is -0.384. The second-order valence-electron chi connectivity index (χ2n) is 12.8. The molecule has 1 aliphatic heterocycles. The van der Waals surface area contributed by atoms with E-state index in [1.165, 1.54) is 23.8 Å². The summed E-state index contributed by atoms with van der Waals surface area (Å²) >= 11 is 0. The monoisotopic (exact) mass is 716 g/mol. The van der Waals surface area contributed by atoms with E-state index in [-0.39, 0.29) is 31.1 Å². The van der Waals surface area contributed by atoms with E-state index in [4.69, 9.17) is 14.2 Å². The van der Waals surface area contributed by atoms with Gasteiger partial charge in [-0.2, -0.15) is 0 Å². The van der Waals surface area contributed by atoms with Crippen LogP contribution in [0.2, 0.25) is 0 Å². The minimum absolute atomic E-state index is 0.0420. The summed E-state index contributed by atoms with van der Waals surface area (Å²) in [7, 11) is 1.93. The third kappa shape index (κ3) is 11.1. The Bertz CT molecular complexity index is 1940. The van der Waals surface area contributed by atoms with Gasteiger partial charge in [0.1, 0.15) is 19.1 Å². The molecule has 0 saturated heterocycles. The van der Waals surface area contributed by atoms with Gasteiger partial charge in [0, 0.05) is 54.9 Å². The van der Waals surface area contributed by atoms with Crippen LogP contribution in [0, 0.1) is 16.0 Å². The van der Waals surface area contributed by atoms with Gasteiger partial charge in [0.2, 0.25) is 0 Å². The summed E-state index contributed by atoms with van der Waals surface area (Å²) in [6.07, 6.45) is 8.28. The predicted molar refractivity (Wildman–Crippen MR) is 203 cm³/mol. The average molecular weight is 717 g/mol. The van der Waals surface area contributed by atoms with Gasteiger partial charge in [0.15, 0.2) is 0 Å². The molecule has 1 aromatic heterocycles. The second kappa shape index (κ2) is 19.2. The zero-order valence-corrected chi connectivity index (χ0v) is 30.2. The van der Waals surface area contributed by atoms with Crippen LogP contribution in [0.3, 0.4) is 0 Å². The van der Waals surface area contributed by atoms with E-state index in [0.29, 0.717) is 36.7 Å². The highest BCUT2D eigenvalue weighted by atomic mass is 16.6. The maximum absolute atomic E-state index is 13.7. The fraction of sp³-hybridized carbons (Fsp3) is 0.286. The van der Waals surface area contributed by atoms with Gasteiger partial charge in [0.05, 0.1) is 23.7 Å². The van der Waals surface area contributed by atoms with Crippen LogP contribution >= 0.6 is 0 Å². The molecule has 2 atom stereocenters. The van der Waals surface area contributed by atoms with E-state index < -0.39 is 28.7 Å². The predicted octanol–water partition coefficient (Wildman–Crippen LogP) is 6.98. The molecule has 1 aliphatic rings. The summed E-state index contributed by atoms with van der Waals surface area (Å²) in [5.41, 5.74) is 5.71. The summed E-state index contributed by atoms with van der Waals surface area (Å²) in [6, 6.07) is 28.1. The Labute approximate surface area is 309 Å². The number of rotatable bonds is 17.